The van der Waals surface area contributed by atoms with Crippen LogP contribution < -0.4 is 18.9 Å². The Morgan fingerprint density at radius 2 is 1.75 bits per heavy atom. The van der Waals surface area contributed by atoms with Gasteiger partial charge in [-0.1, -0.05) is 31.2 Å². The van der Waals surface area contributed by atoms with Gasteiger partial charge in [0.25, 0.3) is 0 Å². The van der Waals surface area contributed by atoms with Gasteiger partial charge in [0.1, 0.15) is 5.92 Å². The Morgan fingerprint density at radius 1 is 1.09 bits per heavy atom. The molecule has 0 aliphatic carbocycles. The predicted octanol–water partition coefficient (Wildman–Crippen LogP) is 4.31. The predicted molar refractivity (Wildman–Crippen MR) is 119 cm³/mol. The fourth-order valence-electron chi connectivity index (χ4n) is 4.08. The Hall–Kier alpha value is -3.99. The van der Waals surface area contributed by atoms with E-state index in [1.807, 2.05) is 36.4 Å². The monoisotopic (exact) mass is 432 g/mol. The van der Waals surface area contributed by atoms with Gasteiger partial charge in [-0.3, -0.25) is 10.5 Å². The second-order valence-corrected chi connectivity index (χ2v) is 7.38. The Morgan fingerprint density at radius 3 is 2.28 bits per heavy atom. The smallest absolute Gasteiger partial charge is 0.244 e. The second-order valence-electron chi connectivity index (χ2n) is 7.38. The number of fused-ring (bicyclic) bond motifs is 1. The number of rotatable bonds is 6. The summed E-state index contributed by atoms with van der Waals surface area (Å²) < 4.78 is 22.1. The summed E-state index contributed by atoms with van der Waals surface area (Å²) in [5, 5.41) is 25.5. The highest BCUT2D eigenvalue weighted by Gasteiger charge is 2.41. The number of H-pyrrole nitrogens is 1. The van der Waals surface area contributed by atoms with Crippen molar-refractivity contribution in [3.05, 3.63) is 53.1 Å². The molecule has 32 heavy (non-hydrogen) atoms. The van der Waals surface area contributed by atoms with Gasteiger partial charge in [-0.05, 0) is 29.7 Å². The number of aromatic nitrogens is 2. The maximum atomic E-state index is 9.89. The number of hydrogen-bond acceptors (Lipinski definition) is 7. The third-order valence-electron chi connectivity index (χ3n) is 5.74. The fourth-order valence-corrected chi connectivity index (χ4v) is 4.08. The summed E-state index contributed by atoms with van der Waals surface area (Å²) in [4.78, 5) is 0. The van der Waals surface area contributed by atoms with E-state index in [0.29, 0.717) is 28.5 Å². The van der Waals surface area contributed by atoms with Crippen molar-refractivity contribution >= 4 is 5.90 Å². The molecule has 1 aromatic heterocycles. The first-order valence-corrected chi connectivity index (χ1v) is 10.2. The van der Waals surface area contributed by atoms with Crippen LogP contribution in [0.25, 0.3) is 11.3 Å². The molecule has 1 aliphatic rings. The van der Waals surface area contributed by atoms with E-state index in [4.69, 9.17) is 24.4 Å². The number of nitrogens with one attached hydrogen (secondary N) is 2. The summed E-state index contributed by atoms with van der Waals surface area (Å²) in [6.07, 6.45) is 0.916. The highest BCUT2D eigenvalue weighted by Crippen LogP contribution is 2.48. The van der Waals surface area contributed by atoms with Gasteiger partial charge in [0.2, 0.25) is 17.5 Å². The van der Waals surface area contributed by atoms with Gasteiger partial charge in [-0.25, -0.2) is 0 Å². The van der Waals surface area contributed by atoms with Crippen molar-refractivity contribution < 1.29 is 18.9 Å². The lowest BCUT2D eigenvalue weighted by Crippen LogP contribution is -2.30. The van der Waals surface area contributed by atoms with Gasteiger partial charge in [-0.2, -0.15) is 5.26 Å². The minimum Gasteiger partial charge on any atom is -0.493 e. The molecule has 3 aromatic rings. The van der Waals surface area contributed by atoms with Crippen LogP contribution in [0.4, 0.5) is 0 Å². The standard InChI is InChI=1S/C24H24N4O4/c1-5-13-6-8-14(9-7-13)19-16(12-25)23(26)32-24-20(19)21(27-28-24)15-10-17(29-2)22(31-4)18(11-15)30-3/h6-11,16,19,26H,5H2,1-4H3,(H,27,28). The zero-order valence-corrected chi connectivity index (χ0v) is 18.4. The lowest BCUT2D eigenvalue weighted by molar-refractivity contribution is 0.324. The van der Waals surface area contributed by atoms with Crippen LogP contribution >= 0.6 is 0 Å². The topological polar surface area (TPSA) is 113 Å². The molecule has 8 nitrogen and oxygen atoms in total. The Kier molecular flexibility index (Phi) is 5.73. The minimum atomic E-state index is -0.784. The largest absolute Gasteiger partial charge is 0.493 e. The van der Waals surface area contributed by atoms with Crippen LogP contribution in [0.2, 0.25) is 0 Å². The van der Waals surface area contributed by atoms with Crippen LogP contribution in [0.15, 0.2) is 36.4 Å². The third kappa shape index (κ3) is 3.42. The SMILES string of the molecule is CCc1ccc(C2c3c(n[nH]c3-c3cc(OC)c(OC)c(OC)c3)OC(=N)C2C#N)cc1. The summed E-state index contributed by atoms with van der Waals surface area (Å²) in [7, 11) is 4.65. The van der Waals surface area contributed by atoms with E-state index in [0.717, 1.165) is 17.5 Å². The number of ether oxygens (including phenoxy) is 4. The number of benzene rings is 2. The van der Waals surface area contributed by atoms with Crippen LogP contribution in [0.5, 0.6) is 23.1 Å². The molecule has 2 heterocycles. The zero-order valence-electron chi connectivity index (χ0n) is 18.4. The lowest BCUT2D eigenvalue weighted by Gasteiger charge is -2.28. The van der Waals surface area contributed by atoms with Crippen molar-refractivity contribution in [2.45, 2.75) is 19.3 Å². The van der Waals surface area contributed by atoms with Crippen molar-refractivity contribution in [1.82, 2.24) is 10.2 Å². The molecule has 2 unspecified atom stereocenters. The van der Waals surface area contributed by atoms with E-state index < -0.39 is 11.8 Å². The summed E-state index contributed by atoms with van der Waals surface area (Å²) in [6, 6.07) is 14.0. The van der Waals surface area contributed by atoms with Crippen LogP contribution in [-0.2, 0) is 6.42 Å². The van der Waals surface area contributed by atoms with Gasteiger partial charge < -0.3 is 18.9 Å². The number of nitriles is 1. The highest BCUT2D eigenvalue weighted by molar-refractivity contribution is 5.87. The molecule has 2 atom stereocenters. The van der Waals surface area contributed by atoms with E-state index in [1.54, 1.807) is 21.3 Å². The van der Waals surface area contributed by atoms with E-state index in [9.17, 15) is 5.26 Å². The number of nitrogens with zero attached hydrogens (tertiary/aromatic N) is 2. The molecule has 0 saturated carbocycles. The van der Waals surface area contributed by atoms with Crippen molar-refractivity contribution in [2.24, 2.45) is 5.92 Å². The molecule has 0 spiro atoms. The fraction of sp³-hybridized carbons (Fsp3) is 0.292. The van der Waals surface area contributed by atoms with Gasteiger partial charge >= 0.3 is 0 Å². The average molecular weight is 432 g/mol. The highest BCUT2D eigenvalue weighted by atomic mass is 16.5. The third-order valence-corrected chi connectivity index (χ3v) is 5.74. The molecule has 2 N–H and O–H groups in total. The van der Waals surface area contributed by atoms with Crippen LogP contribution in [0, 0.1) is 22.7 Å². The summed E-state index contributed by atoms with van der Waals surface area (Å²) >= 11 is 0. The molecule has 4 rings (SSSR count). The number of aromatic amines is 1. The molecule has 164 valence electrons. The number of methoxy groups -OCH3 is 3. The van der Waals surface area contributed by atoms with Gasteiger partial charge in [-0.15, -0.1) is 5.10 Å². The van der Waals surface area contributed by atoms with E-state index >= 15 is 0 Å². The quantitative estimate of drug-likeness (QED) is 0.600. The van der Waals surface area contributed by atoms with E-state index in [1.165, 1.54) is 5.56 Å². The molecule has 0 fully saturated rings. The molecule has 8 heteroatoms. The molecule has 0 bridgehead atoms. The molecule has 1 aliphatic heterocycles. The zero-order chi connectivity index (χ0) is 22.8. The Balaban J connectivity index is 1.92. The van der Waals surface area contributed by atoms with Crippen molar-refractivity contribution in [1.29, 1.82) is 10.7 Å². The molecular formula is C24H24N4O4. The molecule has 2 aromatic carbocycles. The van der Waals surface area contributed by atoms with Gasteiger partial charge in [0, 0.05) is 11.5 Å². The lowest BCUT2D eigenvalue weighted by atomic mass is 9.78. The number of aryl methyl sites for hydroxylation is 1. The van der Waals surface area contributed by atoms with Crippen molar-refractivity contribution in [3.8, 4) is 40.5 Å². The van der Waals surface area contributed by atoms with Crippen LogP contribution in [0.1, 0.15) is 29.5 Å². The van der Waals surface area contributed by atoms with Gasteiger partial charge in [0.05, 0.1) is 38.7 Å². The van der Waals surface area contributed by atoms with Crippen LogP contribution in [0.3, 0.4) is 0 Å². The normalized spacial score (nSPS) is 17.2. The maximum absolute atomic E-state index is 9.89. The Labute approximate surface area is 186 Å². The second kappa shape index (κ2) is 8.63. The minimum absolute atomic E-state index is 0.118. The Bertz CT molecular complexity index is 1170. The van der Waals surface area contributed by atoms with Crippen LogP contribution in [-0.4, -0.2) is 37.4 Å². The average Bonchev–Trinajstić information content (AvgIpc) is 3.25. The summed E-state index contributed by atoms with van der Waals surface area (Å²) in [5.74, 6) is 0.433. The first kappa shape index (κ1) is 21.2. The van der Waals surface area contributed by atoms with Crippen molar-refractivity contribution in [3.63, 3.8) is 0 Å². The van der Waals surface area contributed by atoms with E-state index in [2.05, 4.69) is 23.2 Å². The molecule has 0 amide bonds. The summed E-state index contributed by atoms with van der Waals surface area (Å²) in [6.45, 7) is 2.09. The molecular weight excluding hydrogens is 408 g/mol. The molecule has 0 radical (unpaired) electrons. The summed E-state index contributed by atoms with van der Waals surface area (Å²) in [5.41, 5.74) is 4.22. The first-order chi connectivity index (χ1) is 15.6. The molecule has 0 saturated heterocycles. The first-order valence-electron chi connectivity index (χ1n) is 10.2. The van der Waals surface area contributed by atoms with Crippen molar-refractivity contribution in [2.75, 3.05) is 21.3 Å². The van der Waals surface area contributed by atoms with E-state index in [-0.39, 0.29) is 11.8 Å². The van der Waals surface area contributed by atoms with Gasteiger partial charge in [0.15, 0.2) is 11.5 Å². The maximum Gasteiger partial charge on any atom is 0.244 e. The number of hydrogen-bond donors (Lipinski definition) is 2.